The number of Topliss-reactive ketones (excluding diaryl/α,β-unsaturated/α-hetero) is 1. The standard InChI is InChI=1S/C25H22FNO6S/c1-31-18-9-7-15(26)12-17(18)23(28)21-22(14-6-8-19(32-2)20(11-14)33-3)27(25(30)24(21)29)13-16-5-4-10-34-16/h4-12,22,28H,13H2,1-3H3/b23-21+. The van der Waals surface area contributed by atoms with Gasteiger partial charge in [-0.25, -0.2) is 4.39 Å². The van der Waals surface area contributed by atoms with Crippen LogP contribution in [0, 0.1) is 5.82 Å². The fraction of sp³-hybridized carbons (Fsp3) is 0.200. The van der Waals surface area contributed by atoms with Crippen molar-refractivity contribution in [3.05, 3.63) is 81.3 Å². The highest BCUT2D eigenvalue weighted by Gasteiger charge is 2.46. The van der Waals surface area contributed by atoms with E-state index in [0.29, 0.717) is 17.1 Å². The Morgan fingerprint density at radius 2 is 1.71 bits per heavy atom. The van der Waals surface area contributed by atoms with E-state index in [4.69, 9.17) is 14.2 Å². The Kier molecular flexibility index (Phi) is 6.56. The van der Waals surface area contributed by atoms with Crippen LogP contribution in [0.5, 0.6) is 17.2 Å². The van der Waals surface area contributed by atoms with Crippen LogP contribution in [0.2, 0.25) is 0 Å². The number of rotatable bonds is 7. The number of likely N-dealkylation sites (tertiary alicyclic amines) is 1. The van der Waals surface area contributed by atoms with Gasteiger partial charge in [0.15, 0.2) is 11.5 Å². The molecule has 1 aliphatic heterocycles. The number of methoxy groups -OCH3 is 3. The second-order valence-corrected chi connectivity index (χ2v) is 8.50. The third-order valence-corrected chi connectivity index (χ3v) is 6.45. The van der Waals surface area contributed by atoms with E-state index in [1.54, 1.807) is 18.2 Å². The average Bonchev–Trinajstić information content (AvgIpc) is 3.45. The smallest absolute Gasteiger partial charge is 0.295 e. The second-order valence-electron chi connectivity index (χ2n) is 7.47. The number of ether oxygens (including phenoxy) is 3. The van der Waals surface area contributed by atoms with E-state index < -0.39 is 29.3 Å². The third kappa shape index (κ3) is 4.10. The number of aliphatic hydroxyl groups is 1. The molecule has 1 amide bonds. The molecule has 3 aromatic rings. The molecule has 1 N–H and O–H groups in total. The van der Waals surface area contributed by atoms with E-state index in [9.17, 15) is 19.1 Å². The first-order valence-electron chi connectivity index (χ1n) is 10.3. The Hall–Kier alpha value is -3.85. The molecule has 0 aliphatic carbocycles. The van der Waals surface area contributed by atoms with Crippen LogP contribution in [-0.2, 0) is 16.1 Å². The summed E-state index contributed by atoms with van der Waals surface area (Å²) >= 11 is 1.44. The van der Waals surface area contributed by atoms with Gasteiger partial charge in [-0.05, 0) is 47.3 Å². The fourth-order valence-corrected chi connectivity index (χ4v) is 4.70. The lowest BCUT2D eigenvalue weighted by molar-refractivity contribution is -0.140. The molecular formula is C25H22FNO6S. The van der Waals surface area contributed by atoms with Crippen molar-refractivity contribution >= 4 is 28.8 Å². The van der Waals surface area contributed by atoms with Crippen LogP contribution in [-0.4, -0.2) is 43.0 Å². The molecule has 1 atom stereocenters. The zero-order valence-electron chi connectivity index (χ0n) is 18.7. The first kappa shape index (κ1) is 23.3. The number of aliphatic hydroxyl groups excluding tert-OH is 1. The van der Waals surface area contributed by atoms with E-state index in [2.05, 4.69) is 0 Å². The van der Waals surface area contributed by atoms with Crippen LogP contribution in [0.1, 0.15) is 22.0 Å². The van der Waals surface area contributed by atoms with Crippen molar-refractivity contribution in [2.45, 2.75) is 12.6 Å². The quantitative estimate of drug-likeness (QED) is 0.302. The SMILES string of the molecule is COc1ccc(C2/C(=C(\O)c3cc(F)ccc3OC)C(=O)C(=O)N2Cc2cccs2)cc1OC. The summed E-state index contributed by atoms with van der Waals surface area (Å²) in [6, 6.07) is 11.3. The molecular weight excluding hydrogens is 461 g/mol. The highest BCUT2D eigenvalue weighted by molar-refractivity contribution is 7.09. The Morgan fingerprint density at radius 1 is 1.00 bits per heavy atom. The monoisotopic (exact) mass is 483 g/mol. The number of halogens is 1. The van der Waals surface area contributed by atoms with E-state index in [1.165, 1.54) is 49.7 Å². The lowest BCUT2D eigenvalue weighted by atomic mass is 9.94. The van der Waals surface area contributed by atoms with E-state index in [1.807, 2.05) is 17.5 Å². The minimum absolute atomic E-state index is 0.0258. The molecule has 1 aliphatic rings. The van der Waals surface area contributed by atoms with Crippen LogP contribution in [0.15, 0.2) is 59.5 Å². The maximum atomic E-state index is 14.1. The van der Waals surface area contributed by atoms with Crippen molar-refractivity contribution < 1.29 is 33.3 Å². The minimum Gasteiger partial charge on any atom is -0.507 e. The second kappa shape index (κ2) is 9.56. The number of ketones is 1. The summed E-state index contributed by atoms with van der Waals surface area (Å²) in [5, 5.41) is 13.1. The lowest BCUT2D eigenvalue weighted by Crippen LogP contribution is -2.28. The molecule has 1 saturated heterocycles. The predicted octanol–water partition coefficient (Wildman–Crippen LogP) is 4.53. The molecule has 0 radical (unpaired) electrons. The number of carbonyl (C=O) groups is 2. The predicted molar refractivity (Wildman–Crippen MR) is 125 cm³/mol. The zero-order valence-corrected chi connectivity index (χ0v) is 19.5. The summed E-state index contributed by atoms with van der Waals surface area (Å²) in [5.41, 5.74) is 0.324. The van der Waals surface area contributed by atoms with Gasteiger partial charge in [0.1, 0.15) is 17.3 Å². The van der Waals surface area contributed by atoms with E-state index in [0.717, 1.165) is 10.9 Å². The molecule has 7 nitrogen and oxygen atoms in total. The normalized spacial score (nSPS) is 17.2. The Bertz CT molecular complexity index is 1270. The number of hydrogen-bond donors (Lipinski definition) is 1. The van der Waals surface area contributed by atoms with Gasteiger partial charge in [0.25, 0.3) is 11.7 Å². The third-order valence-electron chi connectivity index (χ3n) is 5.59. The maximum Gasteiger partial charge on any atom is 0.295 e. The number of carbonyl (C=O) groups excluding carboxylic acids is 2. The largest absolute Gasteiger partial charge is 0.507 e. The van der Waals surface area contributed by atoms with E-state index >= 15 is 0 Å². The Labute approximate surface area is 199 Å². The number of benzene rings is 2. The van der Waals surface area contributed by atoms with Crippen molar-refractivity contribution in [3.63, 3.8) is 0 Å². The summed E-state index contributed by atoms with van der Waals surface area (Å²) in [6.45, 7) is 0.151. The number of nitrogens with zero attached hydrogens (tertiary/aromatic N) is 1. The van der Waals surface area contributed by atoms with Gasteiger partial charge in [-0.1, -0.05) is 12.1 Å². The van der Waals surface area contributed by atoms with Gasteiger partial charge >= 0.3 is 0 Å². The van der Waals surface area contributed by atoms with Gasteiger partial charge in [-0.3, -0.25) is 9.59 Å². The molecule has 2 heterocycles. The Morgan fingerprint density at radius 3 is 2.35 bits per heavy atom. The van der Waals surface area contributed by atoms with Gasteiger partial charge in [-0.15, -0.1) is 11.3 Å². The van der Waals surface area contributed by atoms with Crippen molar-refractivity contribution in [1.82, 2.24) is 4.90 Å². The maximum absolute atomic E-state index is 14.1. The van der Waals surface area contributed by atoms with Crippen LogP contribution >= 0.6 is 11.3 Å². The molecule has 0 spiro atoms. The summed E-state index contributed by atoms with van der Waals surface area (Å²) in [5.74, 6) is -1.78. The number of hydrogen-bond acceptors (Lipinski definition) is 7. The summed E-state index contributed by atoms with van der Waals surface area (Å²) < 4.78 is 30.0. The molecule has 34 heavy (non-hydrogen) atoms. The molecule has 2 aromatic carbocycles. The zero-order chi connectivity index (χ0) is 24.4. The molecule has 0 bridgehead atoms. The average molecular weight is 484 g/mol. The van der Waals surface area contributed by atoms with Crippen molar-refractivity contribution in [3.8, 4) is 17.2 Å². The molecule has 1 aromatic heterocycles. The fourth-order valence-electron chi connectivity index (χ4n) is 3.99. The lowest BCUT2D eigenvalue weighted by Gasteiger charge is -2.25. The Balaban J connectivity index is 1.94. The summed E-state index contributed by atoms with van der Waals surface area (Å²) in [4.78, 5) is 28.6. The first-order valence-corrected chi connectivity index (χ1v) is 11.1. The molecule has 9 heteroatoms. The van der Waals surface area contributed by atoms with Crippen LogP contribution < -0.4 is 14.2 Å². The van der Waals surface area contributed by atoms with Gasteiger partial charge in [0, 0.05) is 4.88 Å². The first-order chi connectivity index (χ1) is 16.4. The molecule has 4 rings (SSSR count). The van der Waals surface area contributed by atoms with Crippen LogP contribution in [0.25, 0.3) is 5.76 Å². The van der Waals surface area contributed by atoms with Gasteiger partial charge in [-0.2, -0.15) is 0 Å². The topological polar surface area (TPSA) is 85.3 Å². The van der Waals surface area contributed by atoms with Crippen molar-refractivity contribution in [2.75, 3.05) is 21.3 Å². The molecule has 1 unspecified atom stereocenters. The van der Waals surface area contributed by atoms with Gasteiger partial charge in [0.2, 0.25) is 0 Å². The number of thiophene rings is 1. The van der Waals surface area contributed by atoms with Crippen molar-refractivity contribution in [2.24, 2.45) is 0 Å². The van der Waals surface area contributed by atoms with Crippen LogP contribution in [0.4, 0.5) is 4.39 Å². The summed E-state index contributed by atoms with van der Waals surface area (Å²) in [6.07, 6.45) is 0. The van der Waals surface area contributed by atoms with Crippen LogP contribution in [0.3, 0.4) is 0 Å². The minimum atomic E-state index is -0.949. The highest BCUT2D eigenvalue weighted by Crippen LogP contribution is 2.44. The van der Waals surface area contributed by atoms with Gasteiger partial charge < -0.3 is 24.2 Å². The molecule has 0 saturated carbocycles. The van der Waals surface area contributed by atoms with Gasteiger partial charge in [0.05, 0.1) is 45.1 Å². The molecule has 1 fully saturated rings. The number of amides is 1. The summed E-state index contributed by atoms with van der Waals surface area (Å²) in [7, 11) is 4.34. The van der Waals surface area contributed by atoms with Crippen molar-refractivity contribution in [1.29, 1.82) is 0 Å². The highest BCUT2D eigenvalue weighted by atomic mass is 32.1. The van der Waals surface area contributed by atoms with E-state index in [-0.39, 0.29) is 23.4 Å². The molecule has 176 valence electrons.